The predicted molar refractivity (Wildman–Crippen MR) is 113 cm³/mol. The van der Waals surface area contributed by atoms with Gasteiger partial charge in [-0.2, -0.15) is 13.2 Å². The van der Waals surface area contributed by atoms with Gasteiger partial charge in [0.25, 0.3) is 5.91 Å². The van der Waals surface area contributed by atoms with E-state index in [1.165, 1.54) is 19.1 Å². The number of imidazole rings is 1. The fourth-order valence-corrected chi connectivity index (χ4v) is 3.70. The van der Waals surface area contributed by atoms with Gasteiger partial charge < -0.3 is 26.5 Å². The highest BCUT2D eigenvalue weighted by atomic mass is 19.4. The summed E-state index contributed by atoms with van der Waals surface area (Å²) >= 11 is 0. The van der Waals surface area contributed by atoms with Gasteiger partial charge in [-0.05, 0) is 43.2 Å². The number of likely N-dealkylation sites (N-methyl/N-ethyl adjacent to an activating group) is 1. The molecule has 1 aliphatic carbocycles. The zero-order valence-electron chi connectivity index (χ0n) is 17.3. The van der Waals surface area contributed by atoms with Gasteiger partial charge in [0.15, 0.2) is 12.1 Å². The van der Waals surface area contributed by atoms with Gasteiger partial charge in [0.05, 0.1) is 22.5 Å². The zero-order chi connectivity index (χ0) is 22.8. The van der Waals surface area contributed by atoms with E-state index in [9.17, 15) is 23.1 Å². The monoisotopic (exact) mass is 437 g/mol. The molecule has 0 bridgehead atoms. The Labute approximate surface area is 177 Å². The summed E-state index contributed by atoms with van der Waals surface area (Å²) in [5.74, 6) is -0.445. The van der Waals surface area contributed by atoms with Crippen LogP contribution in [0.5, 0.6) is 0 Å². The van der Waals surface area contributed by atoms with Gasteiger partial charge in [0.1, 0.15) is 0 Å². The topological polar surface area (TPSA) is 116 Å². The first-order valence-corrected chi connectivity index (χ1v) is 10.0. The van der Waals surface area contributed by atoms with E-state index in [-0.39, 0.29) is 18.8 Å². The molecule has 3 unspecified atom stereocenters. The highest BCUT2D eigenvalue weighted by Crippen LogP contribution is 2.47. The third kappa shape index (κ3) is 4.59. The average Bonchev–Trinajstić information content (AvgIpc) is 3.10. The summed E-state index contributed by atoms with van der Waals surface area (Å²) < 4.78 is 40.5. The van der Waals surface area contributed by atoms with E-state index in [1.807, 2.05) is 0 Å². The van der Waals surface area contributed by atoms with E-state index in [0.717, 1.165) is 6.08 Å². The quantitative estimate of drug-likeness (QED) is 0.456. The molecule has 0 radical (unpaired) electrons. The second-order valence-corrected chi connectivity index (χ2v) is 7.57. The van der Waals surface area contributed by atoms with Crippen molar-refractivity contribution >= 4 is 28.6 Å². The smallest absolute Gasteiger partial charge is 0.381 e. The minimum Gasteiger partial charge on any atom is -0.381 e. The van der Waals surface area contributed by atoms with Crippen molar-refractivity contribution in [2.75, 3.05) is 17.6 Å². The standard InChI is InChI=1S/C21H26F3N5O2/c1-3-20(21(22,23)24)9-7-12(8-10-20)16(26-4-2)17(30)18(31)27-13-5-6-14-15(11-13)29-19(25)28-14/h5-9,11,16-17,26,30H,3-4,10H2,1-2H3,(H,27,31)(H3,25,28,29). The number of aliphatic hydroxyl groups is 1. The van der Waals surface area contributed by atoms with Crippen LogP contribution in [0.3, 0.4) is 0 Å². The van der Waals surface area contributed by atoms with Crippen LogP contribution in [0.4, 0.5) is 24.8 Å². The van der Waals surface area contributed by atoms with E-state index in [1.54, 1.807) is 25.1 Å². The number of carbonyl (C=O) groups is 1. The number of amides is 1. The van der Waals surface area contributed by atoms with Crippen LogP contribution in [0.15, 0.2) is 42.0 Å². The third-order valence-electron chi connectivity index (χ3n) is 5.63. The molecule has 0 spiro atoms. The maximum absolute atomic E-state index is 13.5. The Kier molecular flexibility index (Phi) is 6.42. The highest BCUT2D eigenvalue weighted by molar-refractivity contribution is 5.96. The lowest BCUT2D eigenvalue weighted by molar-refractivity contribution is -0.206. The van der Waals surface area contributed by atoms with Crippen LogP contribution >= 0.6 is 0 Å². The molecule has 10 heteroatoms. The third-order valence-corrected chi connectivity index (χ3v) is 5.63. The molecule has 1 amide bonds. The molecule has 3 atom stereocenters. The minimum absolute atomic E-state index is 0.0910. The number of nitrogen functional groups attached to an aromatic ring is 1. The number of aromatic nitrogens is 2. The number of nitrogens with zero attached hydrogens (tertiary/aromatic N) is 1. The number of carbonyl (C=O) groups excluding carboxylic acids is 1. The van der Waals surface area contributed by atoms with Crippen LogP contribution in [0.25, 0.3) is 11.0 Å². The number of benzene rings is 1. The lowest BCUT2D eigenvalue weighted by atomic mass is 9.76. The van der Waals surface area contributed by atoms with E-state index < -0.39 is 29.6 Å². The van der Waals surface area contributed by atoms with E-state index in [4.69, 9.17) is 5.73 Å². The molecule has 3 rings (SSSR count). The summed E-state index contributed by atoms with van der Waals surface area (Å²) in [6.07, 6.45) is -2.30. The van der Waals surface area contributed by atoms with Gasteiger partial charge in [-0.25, -0.2) is 4.98 Å². The first-order chi connectivity index (χ1) is 14.6. The fourth-order valence-electron chi connectivity index (χ4n) is 3.70. The number of aromatic amines is 1. The number of aliphatic hydroxyl groups excluding tert-OH is 1. The number of hydrogen-bond donors (Lipinski definition) is 5. The molecule has 0 fully saturated rings. The molecule has 1 heterocycles. The Morgan fingerprint density at radius 1 is 1.39 bits per heavy atom. The van der Waals surface area contributed by atoms with Crippen LogP contribution < -0.4 is 16.4 Å². The van der Waals surface area contributed by atoms with Gasteiger partial charge in [0, 0.05) is 5.69 Å². The Hall–Kier alpha value is -2.85. The second kappa shape index (κ2) is 8.72. The number of alkyl halides is 3. The molecular formula is C21H26F3N5O2. The minimum atomic E-state index is -4.38. The van der Waals surface area contributed by atoms with Gasteiger partial charge in [0.2, 0.25) is 0 Å². The number of anilines is 2. The normalized spacial score (nSPS) is 21.0. The van der Waals surface area contributed by atoms with Crippen molar-refractivity contribution in [3.05, 3.63) is 42.0 Å². The van der Waals surface area contributed by atoms with Crippen LogP contribution in [-0.2, 0) is 4.79 Å². The van der Waals surface area contributed by atoms with Crippen molar-refractivity contribution in [2.45, 2.75) is 45.0 Å². The maximum atomic E-state index is 13.5. The number of rotatable bonds is 7. The van der Waals surface area contributed by atoms with Gasteiger partial charge in [-0.1, -0.05) is 32.1 Å². The van der Waals surface area contributed by atoms with Gasteiger partial charge >= 0.3 is 6.18 Å². The molecular weight excluding hydrogens is 411 g/mol. The number of halogens is 3. The van der Waals surface area contributed by atoms with Crippen molar-refractivity contribution in [3.8, 4) is 0 Å². The SMILES string of the molecule is CCNC(C1=CCC(CC)(C(F)(F)F)C=C1)C(O)C(=O)Nc1ccc2nc(N)[nH]c2c1. The second-order valence-electron chi connectivity index (χ2n) is 7.57. The van der Waals surface area contributed by atoms with Crippen LogP contribution in [0.2, 0.25) is 0 Å². The highest BCUT2D eigenvalue weighted by Gasteiger charge is 2.51. The average molecular weight is 437 g/mol. The first-order valence-electron chi connectivity index (χ1n) is 10.0. The molecule has 31 heavy (non-hydrogen) atoms. The van der Waals surface area contributed by atoms with Crippen molar-refractivity contribution in [1.82, 2.24) is 15.3 Å². The van der Waals surface area contributed by atoms with Crippen molar-refractivity contribution in [1.29, 1.82) is 0 Å². The maximum Gasteiger partial charge on any atom is 0.398 e. The molecule has 0 aliphatic heterocycles. The van der Waals surface area contributed by atoms with Crippen LogP contribution in [-0.4, -0.2) is 45.8 Å². The van der Waals surface area contributed by atoms with Crippen molar-refractivity contribution < 1.29 is 23.1 Å². The first kappa shape index (κ1) is 22.8. The number of nitrogens with one attached hydrogen (secondary N) is 3. The number of H-pyrrole nitrogens is 1. The van der Waals surface area contributed by atoms with Crippen molar-refractivity contribution in [2.24, 2.45) is 5.41 Å². The van der Waals surface area contributed by atoms with Crippen molar-refractivity contribution in [3.63, 3.8) is 0 Å². The van der Waals surface area contributed by atoms with Crippen LogP contribution in [0, 0.1) is 5.41 Å². The summed E-state index contributed by atoms with van der Waals surface area (Å²) in [5, 5.41) is 16.3. The summed E-state index contributed by atoms with van der Waals surface area (Å²) in [4.78, 5) is 19.6. The number of nitrogens with two attached hydrogens (primary N) is 1. The molecule has 2 aromatic rings. The lowest BCUT2D eigenvalue weighted by Crippen LogP contribution is -2.48. The number of fused-ring (bicyclic) bond motifs is 1. The Balaban J connectivity index is 1.76. The fraction of sp³-hybridized carbons (Fsp3) is 0.429. The molecule has 168 valence electrons. The van der Waals surface area contributed by atoms with Crippen LogP contribution in [0.1, 0.15) is 26.7 Å². The molecule has 1 aromatic heterocycles. The molecule has 0 saturated carbocycles. The van der Waals surface area contributed by atoms with Gasteiger partial charge in [-0.15, -0.1) is 0 Å². The summed E-state index contributed by atoms with van der Waals surface area (Å²) in [6, 6.07) is 4.06. The Bertz CT molecular complexity index is 1010. The summed E-state index contributed by atoms with van der Waals surface area (Å²) in [7, 11) is 0. The number of hydrogen-bond acceptors (Lipinski definition) is 5. The van der Waals surface area contributed by atoms with E-state index in [2.05, 4.69) is 20.6 Å². The Morgan fingerprint density at radius 2 is 2.13 bits per heavy atom. The van der Waals surface area contributed by atoms with E-state index >= 15 is 0 Å². The molecule has 0 saturated heterocycles. The molecule has 1 aromatic carbocycles. The Morgan fingerprint density at radius 3 is 2.71 bits per heavy atom. The molecule has 6 N–H and O–H groups in total. The number of allylic oxidation sites excluding steroid dienone is 2. The summed E-state index contributed by atoms with van der Waals surface area (Å²) in [5.41, 5.74) is 5.80. The molecule has 7 nitrogen and oxygen atoms in total. The largest absolute Gasteiger partial charge is 0.398 e. The van der Waals surface area contributed by atoms with E-state index in [0.29, 0.717) is 28.8 Å². The molecule has 1 aliphatic rings. The predicted octanol–water partition coefficient (Wildman–Crippen LogP) is 3.27. The van der Waals surface area contributed by atoms with Gasteiger partial charge in [-0.3, -0.25) is 4.79 Å². The summed E-state index contributed by atoms with van der Waals surface area (Å²) in [6.45, 7) is 3.69. The lowest BCUT2D eigenvalue weighted by Gasteiger charge is -2.35. The zero-order valence-corrected chi connectivity index (χ0v) is 17.3.